The first-order valence-corrected chi connectivity index (χ1v) is 5.79. The fourth-order valence-corrected chi connectivity index (χ4v) is 1.81. The standard InChI is InChI=1S/C11H12FN3O5/c12-8-6-9(13-14-1-3-20-4-2-14)10(15(18)19)5-7(8)11(16)17/h5-6,13H,1-4H2,(H,16,17). The van der Waals surface area contributed by atoms with Gasteiger partial charge in [-0.15, -0.1) is 0 Å². The Bertz CT molecular complexity index is 545. The molecule has 0 spiro atoms. The molecule has 20 heavy (non-hydrogen) atoms. The number of carbonyl (C=O) groups is 1. The minimum absolute atomic E-state index is 0.0839. The van der Waals surface area contributed by atoms with Gasteiger partial charge >= 0.3 is 5.97 Å². The van der Waals surface area contributed by atoms with Crippen molar-refractivity contribution in [2.24, 2.45) is 0 Å². The largest absolute Gasteiger partial charge is 0.478 e. The van der Waals surface area contributed by atoms with E-state index in [-0.39, 0.29) is 5.69 Å². The average Bonchev–Trinajstić information content (AvgIpc) is 2.39. The number of aromatic carboxylic acids is 1. The molecule has 1 saturated heterocycles. The molecule has 0 bridgehead atoms. The number of rotatable bonds is 4. The monoisotopic (exact) mass is 285 g/mol. The van der Waals surface area contributed by atoms with Gasteiger partial charge in [-0.2, -0.15) is 0 Å². The van der Waals surface area contributed by atoms with Crippen LogP contribution in [0.1, 0.15) is 10.4 Å². The number of hydrogen-bond acceptors (Lipinski definition) is 6. The number of hydrogen-bond donors (Lipinski definition) is 2. The first-order valence-electron chi connectivity index (χ1n) is 5.79. The second-order valence-corrected chi connectivity index (χ2v) is 4.12. The predicted molar refractivity (Wildman–Crippen MR) is 66.0 cm³/mol. The fraction of sp³-hybridized carbons (Fsp3) is 0.364. The molecule has 108 valence electrons. The summed E-state index contributed by atoms with van der Waals surface area (Å²) in [5, 5.41) is 21.4. The lowest BCUT2D eigenvalue weighted by Gasteiger charge is -2.27. The topological polar surface area (TPSA) is 105 Å². The van der Waals surface area contributed by atoms with Crippen LogP contribution in [0.4, 0.5) is 15.8 Å². The molecule has 0 aliphatic carbocycles. The van der Waals surface area contributed by atoms with Crippen LogP contribution >= 0.6 is 0 Å². The second-order valence-electron chi connectivity index (χ2n) is 4.12. The molecule has 1 aliphatic rings. The molecule has 2 rings (SSSR count). The summed E-state index contributed by atoms with van der Waals surface area (Å²) in [6, 6.07) is 1.53. The number of nitro benzene ring substituents is 1. The van der Waals surface area contributed by atoms with E-state index in [0.29, 0.717) is 32.4 Å². The molecular weight excluding hydrogens is 273 g/mol. The van der Waals surface area contributed by atoms with Gasteiger partial charge in [0.1, 0.15) is 17.1 Å². The van der Waals surface area contributed by atoms with Crippen molar-refractivity contribution >= 4 is 17.3 Å². The third-order valence-electron chi connectivity index (χ3n) is 2.80. The van der Waals surface area contributed by atoms with Crippen molar-refractivity contribution in [3.8, 4) is 0 Å². The van der Waals surface area contributed by atoms with E-state index in [1.807, 2.05) is 0 Å². The lowest BCUT2D eigenvalue weighted by molar-refractivity contribution is -0.384. The van der Waals surface area contributed by atoms with Crippen molar-refractivity contribution in [2.45, 2.75) is 0 Å². The molecule has 1 heterocycles. The van der Waals surface area contributed by atoms with Gasteiger partial charge < -0.3 is 15.3 Å². The summed E-state index contributed by atoms with van der Waals surface area (Å²) in [7, 11) is 0. The van der Waals surface area contributed by atoms with Crippen LogP contribution in [-0.2, 0) is 4.74 Å². The lowest BCUT2D eigenvalue weighted by atomic mass is 10.1. The molecule has 1 aliphatic heterocycles. The number of carboxylic acid groups (broad SMARTS) is 1. The Labute approximate surface area is 112 Å². The van der Waals surface area contributed by atoms with Crippen molar-refractivity contribution in [3.05, 3.63) is 33.6 Å². The Balaban J connectivity index is 2.33. The van der Waals surface area contributed by atoms with E-state index >= 15 is 0 Å². The molecule has 0 atom stereocenters. The van der Waals surface area contributed by atoms with Gasteiger partial charge in [0.25, 0.3) is 5.69 Å². The van der Waals surface area contributed by atoms with E-state index < -0.39 is 28.0 Å². The molecular formula is C11H12FN3O5. The maximum atomic E-state index is 13.6. The summed E-state index contributed by atoms with van der Waals surface area (Å²) in [5.74, 6) is -2.58. The van der Waals surface area contributed by atoms with E-state index in [4.69, 9.17) is 9.84 Å². The number of benzene rings is 1. The molecule has 0 unspecified atom stereocenters. The molecule has 2 N–H and O–H groups in total. The van der Waals surface area contributed by atoms with E-state index in [2.05, 4.69) is 5.43 Å². The van der Waals surface area contributed by atoms with Crippen LogP contribution in [0.3, 0.4) is 0 Å². The molecule has 1 fully saturated rings. The van der Waals surface area contributed by atoms with Crippen LogP contribution in [0.5, 0.6) is 0 Å². The number of morpholine rings is 1. The van der Waals surface area contributed by atoms with Gasteiger partial charge in [0.15, 0.2) is 0 Å². The molecule has 9 heteroatoms. The van der Waals surface area contributed by atoms with E-state index in [9.17, 15) is 19.3 Å². The van der Waals surface area contributed by atoms with Gasteiger partial charge in [0.05, 0.1) is 18.1 Å². The van der Waals surface area contributed by atoms with Gasteiger partial charge in [-0.25, -0.2) is 14.2 Å². The maximum Gasteiger partial charge on any atom is 0.338 e. The highest BCUT2D eigenvalue weighted by atomic mass is 19.1. The van der Waals surface area contributed by atoms with Crippen LogP contribution in [-0.4, -0.2) is 47.3 Å². The highest BCUT2D eigenvalue weighted by molar-refractivity contribution is 5.90. The lowest BCUT2D eigenvalue weighted by Crippen LogP contribution is -2.40. The number of anilines is 1. The number of hydrazine groups is 1. The smallest absolute Gasteiger partial charge is 0.338 e. The number of nitrogens with one attached hydrogen (secondary N) is 1. The number of nitrogens with zero attached hydrogens (tertiary/aromatic N) is 2. The van der Waals surface area contributed by atoms with Crippen LogP contribution in [0, 0.1) is 15.9 Å². The van der Waals surface area contributed by atoms with E-state index in [1.165, 1.54) is 0 Å². The quantitative estimate of drug-likeness (QED) is 0.630. The highest BCUT2D eigenvalue weighted by Gasteiger charge is 2.23. The van der Waals surface area contributed by atoms with Gasteiger partial charge in [-0.05, 0) is 0 Å². The second kappa shape index (κ2) is 5.80. The minimum atomic E-state index is -1.55. The zero-order valence-corrected chi connectivity index (χ0v) is 10.3. The van der Waals surface area contributed by atoms with E-state index in [1.54, 1.807) is 5.01 Å². The Kier molecular flexibility index (Phi) is 4.11. The Morgan fingerprint density at radius 3 is 2.65 bits per heavy atom. The average molecular weight is 285 g/mol. The third-order valence-corrected chi connectivity index (χ3v) is 2.80. The molecule has 0 amide bonds. The van der Waals surface area contributed by atoms with Gasteiger partial charge in [0.2, 0.25) is 0 Å². The molecule has 1 aromatic rings. The van der Waals surface area contributed by atoms with Crippen molar-refractivity contribution < 1.29 is 24.0 Å². The van der Waals surface area contributed by atoms with Gasteiger partial charge in [-0.1, -0.05) is 0 Å². The third kappa shape index (κ3) is 3.00. The molecule has 0 radical (unpaired) electrons. The zero-order valence-electron chi connectivity index (χ0n) is 10.3. The Morgan fingerprint density at radius 2 is 2.10 bits per heavy atom. The predicted octanol–water partition coefficient (Wildman–Crippen LogP) is 1.09. The molecule has 8 nitrogen and oxygen atoms in total. The summed E-state index contributed by atoms with van der Waals surface area (Å²) < 4.78 is 18.7. The zero-order chi connectivity index (χ0) is 14.7. The number of halogens is 1. The van der Waals surface area contributed by atoms with Crippen LogP contribution in [0.2, 0.25) is 0 Å². The van der Waals surface area contributed by atoms with Gasteiger partial charge in [0, 0.05) is 25.2 Å². The van der Waals surface area contributed by atoms with Crippen LogP contribution < -0.4 is 5.43 Å². The van der Waals surface area contributed by atoms with Crippen LogP contribution in [0.15, 0.2) is 12.1 Å². The fourth-order valence-electron chi connectivity index (χ4n) is 1.81. The van der Waals surface area contributed by atoms with Gasteiger partial charge in [-0.3, -0.25) is 10.1 Å². The first-order chi connectivity index (χ1) is 9.49. The summed E-state index contributed by atoms with van der Waals surface area (Å²) in [6.07, 6.45) is 0. The summed E-state index contributed by atoms with van der Waals surface area (Å²) >= 11 is 0. The minimum Gasteiger partial charge on any atom is -0.478 e. The number of ether oxygens (including phenoxy) is 1. The molecule has 0 saturated carbocycles. The Morgan fingerprint density at radius 1 is 1.45 bits per heavy atom. The highest BCUT2D eigenvalue weighted by Crippen LogP contribution is 2.28. The maximum absolute atomic E-state index is 13.6. The number of nitro groups is 1. The van der Waals surface area contributed by atoms with Crippen LogP contribution in [0.25, 0.3) is 0 Å². The summed E-state index contributed by atoms with van der Waals surface area (Å²) in [4.78, 5) is 21.0. The molecule has 0 aromatic heterocycles. The summed E-state index contributed by atoms with van der Waals surface area (Å²) in [5.41, 5.74) is 1.41. The van der Waals surface area contributed by atoms with Crippen molar-refractivity contribution in [2.75, 3.05) is 31.7 Å². The SMILES string of the molecule is O=C(O)c1cc([N+](=O)[O-])c(NN2CCOCC2)cc1F. The van der Waals surface area contributed by atoms with Crippen molar-refractivity contribution in [1.82, 2.24) is 5.01 Å². The number of carboxylic acids is 1. The van der Waals surface area contributed by atoms with E-state index in [0.717, 1.165) is 6.07 Å². The first kappa shape index (κ1) is 14.2. The Hall–Kier alpha value is -2.26. The van der Waals surface area contributed by atoms with Crippen molar-refractivity contribution in [1.29, 1.82) is 0 Å². The summed E-state index contributed by atoms with van der Waals surface area (Å²) in [6.45, 7) is 1.88. The van der Waals surface area contributed by atoms with Crippen molar-refractivity contribution in [3.63, 3.8) is 0 Å². The normalized spacial score (nSPS) is 15.8. The molecule has 1 aromatic carbocycles.